The van der Waals surface area contributed by atoms with Gasteiger partial charge in [-0.1, -0.05) is 6.42 Å². The van der Waals surface area contributed by atoms with E-state index >= 15 is 0 Å². The van der Waals surface area contributed by atoms with E-state index in [2.05, 4.69) is 10.3 Å². The van der Waals surface area contributed by atoms with E-state index in [4.69, 9.17) is 15.4 Å². The predicted molar refractivity (Wildman–Crippen MR) is 70.2 cm³/mol. The van der Waals surface area contributed by atoms with Crippen LogP contribution < -0.4 is 11.3 Å². The third-order valence-corrected chi connectivity index (χ3v) is 3.73. The Hall–Kier alpha value is -1.37. The summed E-state index contributed by atoms with van der Waals surface area (Å²) < 4.78 is 5.40. The maximum atomic E-state index is 11.4. The van der Waals surface area contributed by atoms with Gasteiger partial charge in [0.2, 0.25) is 0 Å². The third-order valence-electron chi connectivity index (χ3n) is 3.73. The van der Waals surface area contributed by atoms with Crippen molar-refractivity contribution in [2.45, 2.75) is 38.8 Å². The molecule has 4 N–H and O–H groups in total. The molecule has 0 aliphatic heterocycles. The molecular weight excluding hydrogens is 246 g/mol. The second kappa shape index (κ2) is 6.18. The smallest absolute Gasteiger partial charge is 0.300 e. The molecule has 19 heavy (non-hydrogen) atoms. The van der Waals surface area contributed by atoms with Gasteiger partial charge in [0, 0.05) is 24.7 Å². The maximum Gasteiger partial charge on any atom is 0.300 e. The van der Waals surface area contributed by atoms with Crippen LogP contribution >= 0.6 is 0 Å². The summed E-state index contributed by atoms with van der Waals surface area (Å²) in [6, 6.07) is 2.26. The highest BCUT2D eigenvalue weighted by Crippen LogP contribution is 2.27. The van der Waals surface area contributed by atoms with E-state index in [1.807, 2.05) is 6.92 Å². The molecule has 6 heteroatoms. The highest BCUT2D eigenvalue weighted by Gasteiger charge is 2.26. The number of nitrogens with two attached hydrogens (primary N) is 1. The number of hydrazine groups is 1. The number of aliphatic hydroxyl groups excluding tert-OH is 1. The minimum atomic E-state index is -0.424. The number of furan rings is 1. The second-order valence-corrected chi connectivity index (χ2v) is 4.94. The van der Waals surface area contributed by atoms with Gasteiger partial charge in [0.15, 0.2) is 5.76 Å². The van der Waals surface area contributed by atoms with Crippen molar-refractivity contribution in [2.24, 2.45) is 5.84 Å². The quantitative estimate of drug-likeness (QED) is 0.397. The lowest BCUT2D eigenvalue weighted by Crippen LogP contribution is -2.41. The van der Waals surface area contributed by atoms with Crippen LogP contribution in [-0.4, -0.2) is 35.1 Å². The van der Waals surface area contributed by atoms with Gasteiger partial charge >= 0.3 is 5.91 Å². The van der Waals surface area contributed by atoms with Crippen molar-refractivity contribution in [2.75, 3.05) is 13.2 Å². The van der Waals surface area contributed by atoms with Gasteiger partial charge in [-0.15, -0.1) is 0 Å². The highest BCUT2D eigenvalue weighted by molar-refractivity contribution is 5.91. The fraction of sp³-hybridized carbons (Fsp3) is 0.615. The minimum Gasteiger partial charge on any atom is -0.456 e. The fourth-order valence-electron chi connectivity index (χ4n) is 2.35. The van der Waals surface area contributed by atoms with Crippen LogP contribution in [0.25, 0.3) is 0 Å². The molecule has 6 nitrogen and oxygen atoms in total. The molecule has 0 atom stereocenters. The van der Waals surface area contributed by atoms with E-state index in [0.29, 0.717) is 19.1 Å². The van der Waals surface area contributed by atoms with Crippen LogP contribution in [-0.2, 0) is 6.54 Å². The van der Waals surface area contributed by atoms with Crippen LogP contribution in [0.1, 0.15) is 41.1 Å². The molecule has 0 bridgehead atoms. The van der Waals surface area contributed by atoms with Crippen LogP contribution in [0.4, 0.5) is 0 Å². The average Bonchev–Trinajstić information content (AvgIpc) is 2.68. The van der Waals surface area contributed by atoms with E-state index in [0.717, 1.165) is 11.3 Å². The summed E-state index contributed by atoms with van der Waals surface area (Å²) in [4.78, 5) is 13.6. The molecular formula is C13H21N3O3. The van der Waals surface area contributed by atoms with Crippen molar-refractivity contribution in [1.82, 2.24) is 10.3 Å². The Morgan fingerprint density at radius 3 is 2.89 bits per heavy atom. The van der Waals surface area contributed by atoms with Crippen LogP contribution in [0.3, 0.4) is 0 Å². The molecule has 106 valence electrons. The SMILES string of the molecule is Cc1oc(C(=O)NN)cc1CN(CCO)C1CCC1. The maximum absolute atomic E-state index is 11.4. The van der Waals surface area contributed by atoms with Gasteiger partial charge in [-0.2, -0.15) is 0 Å². The molecule has 1 aromatic rings. The van der Waals surface area contributed by atoms with Crippen LogP contribution in [0.15, 0.2) is 10.5 Å². The molecule has 1 aliphatic carbocycles. The Morgan fingerprint density at radius 2 is 2.37 bits per heavy atom. The third kappa shape index (κ3) is 3.15. The van der Waals surface area contributed by atoms with Gasteiger partial charge in [0.25, 0.3) is 0 Å². The van der Waals surface area contributed by atoms with Crippen molar-refractivity contribution in [3.05, 3.63) is 23.2 Å². The first-order valence-corrected chi connectivity index (χ1v) is 6.61. The largest absolute Gasteiger partial charge is 0.456 e. The number of hydrogen-bond acceptors (Lipinski definition) is 5. The first-order valence-electron chi connectivity index (χ1n) is 6.61. The summed E-state index contributed by atoms with van der Waals surface area (Å²) in [5.41, 5.74) is 3.03. The molecule has 1 aromatic heterocycles. The number of nitrogens with one attached hydrogen (secondary N) is 1. The Kier molecular flexibility index (Phi) is 4.57. The van der Waals surface area contributed by atoms with Gasteiger partial charge in [0.1, 0.15) is 5.76 Å². The summed E-state index contributed by atoms with van der Waals surface area (Å²) in [6.45, 7) is 3.32. The zero-order valence-electron chi connectivity index (χ0n) is 11.2. The molecule has 0 unspecified atom stereocenters. The van der Waals surface area contributed by atoms with Crippen LogP contribution in [0, 0.1) is 6.92 Å². The standard InChI is InChI=1S/C13H21N3O3/c1-9-10(7-12(19-9)13(18)15-14)8-16(5-6-17)11-3-2-4-11/h7,11,17H,2-6,8,14H2,1H3,(H,15,18). The molecule has 0 aromatic carbocycles. The lowest BCUT2D eigenvalue weighted by atomic mass is 9.91. The van der Waals surface area contributed by atoms with Gasteiger partial charge in [0.05, 0.1) is 6.61 Å². The average molecular weight is 267 g/mol. The fourth-order valence-corrected chi connectivity index (χ4v) is 2.35. The Bertz CT molecular complexity index is 440. The second-order valence-electron chi connectivity index (χ2n) is 4.94. The van der Waals surface area contributed by atoms with Crippen LogP contribution in [0.2, 0.25) is 0 Å². The van der Waals surface area contributed by atoms with Crippen molar-refractivity contribution >= 4 is 5.91 Å². The number of carbonyl (C=O) groups excluding carboxylic acids is 1. The Morgan fingerprint density at radius 1 is 1.63 bits per heavy atom. The molecule has 0 radical (unpaired) electrons. The van der Waals surface area contributed by atoms with E-state index in [1.54, 1.807) is 6.07 Å². The lowest BCUT2D eigenvalue weighted by molar-refractivity contribution is 0.0924. The van der Waals surface area contributed by atoms with Crippen molar-refractivity contribution in [3.63, 3.8) is 0 Å². The zero-order chi connectivity index (χ0) is 13.8. The normalized spacial score (nSPS) is 15.6. The highest BCUT2D eigenvalue weighted by atomic mass is 16.4. The van der Waals surface area contributed by atoms with Crippen molar-refractivity contribution in [3.8, 4) is 0 Å². The topological polar surface area (TPSA) is 91.7 Å². The molecule has 1 aliphatic rings. The molecule has 1 fully saturated rings. The summed E-state index contributed by atoms with van der Waals surface area (Å²) in [6.07, 6.45) is 3.60. The number of aliphatic hydroxyl groups is 1. The molecule has 1 amide bonds. The number of nitrogen functional groups attached to an aromatic ring is 1. The number of nitrogens with zero attached hydrogens (tertiary/aromatic N) is 1. The Labute approximate surface area is 112 Å². The summed E-state index contributed by atoms with van der Waals surface area (Å²) in [7, 11) is 0. The van der Waals surface area contributed by atoms with E-state index in [1.165, 1.54) is 19.3 Å². The monoisotopic (exact) mass is 267 g/mol. The lowest BCUT2D eigenvalue weighted by Gasteiger charge is -2.37. The molecule has 0 spiro atoms. The van der Waals surface area contributed by atoms with E-state index in [9.17, 15) is 4.79 Å². The van der Waals surface area contributed by atoms with Gasteiger partial charge in [-0.05, 0) is 25.8 Å². The van der Waals surface area contributed by atoms with E-state index in [-0.39, 0.29) is 12.4 Å². The number of carbonyl (C=O) groups is 1. The van der Waals surface area contributed by atoms with E-state index < -0.39 is 5.91 Å². The molecule has 0 saturated heterocycles. The van der Waals surface area contributed by atoms with Crippen LogP contribution in [0.5, 0.6) is 0 Å². The summed E-state index contributed by atoms with van der Waals surface area (Å²) in [5.74, 6) is 5.62. The number of hydrogen-bond donors (Lipinski definition) is 3. The zero-order valence-corrected chi connectivity index (χ0v) is 11.2. The van der Waals surface area contributed by atoms with Gasteiger partial charge in [-0.25, -0.2) is 5.84 Å². The van der Waals surface area contributed by atoms with Crippen molar-refractivity contribution in [1.29, 1.82) is 0 Å². The van der Waals surface area contributed by atoms with Gasteiger partial charge in [-0.3, -0.25) is 15.1 Å². The first-order chi connectivity index (χ1) is 9.15. The molecule has 1 saturated carbocycles. The summed E-state index contributed by atoms with van der Waals surface area (Å²) >= 11 is 0. The number of aryl methyl sites for hydroxylation is 1. The predicted octanol–water partition coefficient (Wildman–Crippen LogP) is 0.538. The molecule has 2 rings (SSSR count). The first kappa shape index (κ1) is 14.0. The Balaban J connectivity index is 2.07. The number of amides is 1. The summed E-state index contributed by atoms with van der Waals surface area (Å²) in [5, 5.41) is 9.14. The minimum absolute atomic E-state index is 0.142. The number of rotatable bonds is 6. The molecule has 1 heterocycles. The van der Waals surface area contributed by atoms with Gasteiger partial charge < -0.3 is 9.52 Å². The van der Waals surface area contributed by atoms with Crippen molar-refractivity contribution < 1.29 is 14.3 Å².